The molecule has 0 aliphatic rings. The summed E-state index contributed by atoms with van der Waals surface area (Å²) >= 11 is 0. The van der Waals surface area contributed by atoms with Crippen LogP contribution in [-0.2, 0) is 4.79 Å². The maximum atomic E-state index is 12.5. The summed E-state index contributed by atoms with van der Waals surface area (Å²) in [5, 5.41) is 3.02. The van der Waals surface area contributed by atoms with E-state index in [4.69, 9.17) is 4.74 Å². The number of nitrogens with zero attached hydrogens (tertiary/aromatic N) is 1. The molecule has 152 valence electrons. The Bertz CT molecular complexity index is 948. The van der Waals surface area contributed by atoms with Crippen LogP contribution in [0.3, 0.4) is 0 Å². The predicted molar refractivity (Wildman–Crippen MR) is 116 cm³/mol. The average molecular weight is 392 g/mol. The van der Waals surface area contributed by atoms with Crippen LogP contribution < -0.4 is 10.1 Å². The molecule has 1 amide bonds. The maximum absolute atomic E-state index is 12.5. The normalized spacial score (nSPS) is 12.0. The van der Waals surface area contributed by atoms with Gasteiger partial charge in [0.1, 0.15) is 11.6 Å². The first-order valence-corrected chi connectivity index (χ1v) is 10.1. The number of H-pyrrole nitrogens is 1. The molecule has 0 saturated carbocycles. The van der Waals surface area contributed by atoms with E-state index < -0.39 is 0 Å². The number of amides is 1. The third-order valence-corrected chi connectivity index (χ3v) is 4.90. The molecule has 0 spiro atoms. The van der Waals surface area contributed by atoms with Crippen LogP contribution in [0.5, 0.6) is 5.75 Å². The lowest BCUT2D eigenvalue weighted by molar-refractivity contribution is -0.124. The Kier molecular flexibility index (Phi) is 6.70. The molecule has 0 bridgehead atoms. The van der Waals surface area contributed by atoms with Gasteiger partial charge in [0.15, 0.2) is 6.61 Å². The van der Waals surface area contributed by atoms with Gasteiger partial charge in [-0.25, -0.2) is 4.98 Å². The molecule has 2 N–H and O–H groups in total. The SMILES string of the molecule is CCC(NC(=O)COc1cc(C)ccc1C(C)C)c1ncc(-c2ccccc2)[nH]1. The molecule has 5 nitrogen and oxygen atoms in total. The van der Waals surface area contributed by atoms with Crippen LogP contribution in [0.4, 0.5) is 0 Å². The number of ether oxygens (including phenoxy) is 1. The van der Waals surface area contributed by atoms with Crippen molar-refractivity contribution < 1.29 is 9.53 Å². The van der Waals surface area contributed by atoms with Gasteiger partial charge >= 0.3 is 0 Å². The first-order chi connectivity index (χ1) is 14.0. The number of benzene rings is 2. The van der Waals surface area contributed by atoms with E-state index in [2.05, 4.69) is 41.3 Å². The molecule has 3 aromatic rings. The van der Waals surface area contributed by atoms with Crippen molar-refractivity contribution in [1.82, 2.24) is 15.3 Å². The third kappa shape index (κ3) is 5.25. The van der Waals surface area contributed by atoms with E-state index in [0.717, 1.165) is 40.4 Å². The van der Waals surface area contributed by atoms with Crippen molar-refractivity contribution >= 4 is 5.91 Å². The summed E-state index contributed by atoms with van der Waals surface area (Å²) in [6.07, 6.45) is 2.53. The molecular weight excluding hydrogens is 362 g/mol. The first kappa shape index (κ1) is 20.6. The van der Waals surface area contributed by atoms with E-state index >= 15 is 0 Å². The number of carbonyl (C=O) groups excluding carboxylic acids is 1. The van der Waals surface area contributed by atoms with Gasteiger partial charge in [-0.1, -0.05) is 63.2 Å². The number of hydrogen-bond acceptors (Lipinski definition) is 3. The number of imidazole rings is 1. The van der Waals surface area contributed by atoms with Crippen molar-refractivity contribution in [1.29, 1.82) is 0 Å². The Labute approximate surface area is 172 Å². The molecular formula is C24H29N3O2. The Hall–Kier alpha value is -3.08. The van der Waals surface area contributed by atoms with Gasteiger partial charge in [0.2, 0.25) is 0 Å². The van der Waals surface area contributed by atoms with Crippen molar-refractivity contribution in [3.63, 3.8) is 0 Å². The molecule has 1 atom stereocenters. The number of aryl methyl sites for hydroxylation is 1. The summed E-state index contributed by atoms with van der Waals surface area (Å²) in [4.78, 5) is 20.3. The van der Waals surface area contributed by atoms with Crippen LogP contribution in [0, 0.1) is 6.92 Å². The minimum atomic E-state index is -0.189. The van der Waals surface area contributed by atoms with E-state index in [1.807, 2.05) is 50.2 Å². The van der Waals surface area contributed by atoms with E-state index in [-0.39, 0.29) is 18.6 Å². The second-order valence-corrected chi connectivity index (χ2v) is 7.56. The number of hydrogen-bond donors (Lipinski definition) is 2. The van der Waals surface area contributed by atoms with Gasteiger partial charge in [-0.3, -0.25) is 4.79 Å². The fraction of sp³-hybridized carbons (Fsp3) is 0.333. The van der Waals surface area contributed by atoms with Gasteiger partial charge in [0, 0.05) is 0 Å². The second kappa shape index (κ2) is 9.41. The second-order valence-electron chi connectivity index (χ2n) is 7.56. The Morgan fingerprint density at radius 3 is 2.62 bits per heavy atom. The molecule has 0 saturated heterocycles. The quantitative estimate of drug-likeness (QED) is 0.558. The number of rotatable bonds is 8. The molecule has 3 rings (SSSR count). The van der Waals surface area contributed by atoms with Crippen LogP contribution >= 0.6 is 0 Å². The van der Waals surface area contributed by atoms with Crippen LogP contribution in [-0.4, -0.2) is 22.5 Å². The van der Waals surface area contributed by atoms with E-state index in [0.29, 0.717) is 5.92 Å². The topological polar surface area (TPSA) is 67.0 Å². The van der Waals surface area contributed by atoms with E-state index in [1.54, 1.807) is 6.20 Å². The van der Waals surface area contributed by atoms with Gasteiger partial charge in [0.05, 0.1) is 17.9 Å². The fourth-order valence-corrected chi connectivity index (χ4v) is 3.26. The highest BCUT2D eigenvalue weighted by Crippen LogP contribution is 2.27. The van der Waals surface area contributed by atoms with E-state index in [9.17, 15) is 4.79 Å². The molecule has 0 radical (unpaired) electrons. The lowest BCUT2D eigenvalue weighted by Gasteiger charge is -2.17. The highest BCUT2D eigenvalue weighted by molar-refractivity contribution is 5.78. The van der Waals surface area contributed by atoms with Crippen LogP contribution in [0.15, 0.2) is 54.7 Å². The maximum Gasteiger partial charge on any atom is 0.258 e. The lowest BCUT2D eigenvalue weighted by atomic mass is 10.0. The first-order valence-electron chi connectivity index (χ1n) is 10.1. The largest absolute Gasteiger partial charge is 0.483 e. The van der Waals surface area contributed by atoms with Gasteiger partial charge in [-0.05, 0) is 42.0 Å². The molecule has 0 aliphatic heterocycles. The fourth-order valence-electron chi connectivity index (χ4n) is 3.26. The number of nitrogens with one attached hydrogen (secondary N) is 2. The molecule has 0 aliphatic carbocycles. The van der Waals surface area contributed by atoms with Gasteiger partial charge in [-0.2, -0.15) is 0 Å². The van der Waals surface area contributed by atoms with Crippen molar-refractivity contribution in [2.45, 2.75) is 46.1 Å². The average Bonchev–Trinajstić information content (AvgIpc) is 3.21. The van der Waals surface area contributed by atoms with Crippen LogP contribution in [0.2, 0.25) is 0 Å². The third-order valence-electron chi connectivity index (χ3n) is 4.90. The summed E-state index contributed by atoms with van der Waals surface area (Å²) in [5.74, 6) is 1.69. The summed E-state index contributed by atoms with van der Waals surface area (Å²) in [6, 6.07) is 15.9. The Balaban J connectivity index is 1.64. The highest BCUT2D eigenvalue weighted by atomic mass is 16.5. The summed E-state index contributed by atoms with van der Waals surface area (Å²) in [6.45, 7) is 8.25. The molecule has 1 aromatic heterocycles. The van der Waals surface area contributed by atoms with Crippen molar-refractivity contribution in [2.75, 3.05) is 6.61 Å². The molecule has 29 heavy (non-hydrogen) atoms. The summed E-state index contributed by atoms with van der Waals surface area (Å²) < 4.78 is 5.85. The molecule has 1 heterocycles. The Morgan fingerprint density at radius 2 is 1.93 bits per heavy atom. The zero-order valence-corrected chi connectivity index (χ0v) is 17.5. The van der Waals surface area contributed by atoms with Crippen molar-refractivity contribution in [3.05, 3.63) is 71.7 Å². The lowest BCUT2D eigenvalue weighted by Crippen LogP contribution is -2.33. The smallest absolute Gasteiger partial charge is 0.258 e. The molecule has 0 fully saturated rings. The molecule has 2 aromatic carbocycles. The zero-order chi connectivity index (χ0) is 20.8. The minimum absolute atomic E-state index is 0.0219. The van der Waals surface area contributed by atoms with Crippen molar-refractivity contribution in [3.8, 4) is 17.0 Å². The Morgan fingerprint density at radius 1 is 1.17 bits per heavy atom. The van der Waals surface area contributed by atoms with Gasteiger partial charge < -0.3 is 15.0 Å². The zero-order valence-electron chi connectivity index (χ0n) is 17.5. The van der Waals surface area contributed by atoms with Gasteiger partial charge in [0.25, 0.3) is 5.91 Å². The van der Waals surface area contributed by atoms with Crippen LogP contribution in [0.25, 0.3) is 11.3 Å². The highest BCUT2D eigenvalue weighted by Gasteiger charge is 2.17. The predicted octanol–water partition coefficient (Wildman–Crippen LogP) is 5.15. The van der Waals surface area contributed by atoms with Gasteiger partial charge in [-0.15, -0.1) is 0 Å². The van der Waals surface area contributed by atoms with Crippen molar-refractivity contribution in [2.24, 2.45) is 0 Å². The monoisotopic (exact) mass is 391 g/mol. The van der Waals surface area contributed by atoms with E-state index in [1.165, 1.54) is 0 Å². The standard InChI is InChI=1S/C24H29N3O2/c1-5-20(24-25-14-21(27-24)18-9-7-6-8-10-18)26-23(28)15-29-22-13-17(4)11-12-19(22)16(2)3/h6-14,16,20H,5,15H2,1-4H3,(H,25,27)(H,26,28). The molecule has 1 unspecified atom stereocenters. The number of carbonyl (C=O) groups is 1. The number of aromatic nitrogens is 2. The minimum Gasteiger partial charge on any atom is -0.483 e. The number of aromatic amines is 1. The summed E-state index contributed by atoms with van der Waals surface area (Å²) in [5.41, 5.74) is 4.22. The van der Waals surface area contributed by atoms with Crippen LogP contribution in [0.1, 0.15) is 56.1 Å². The summed E-state index contributed by atoms with van der Waals surface area (Å²) in [7, 11) is 0. The molecule has 5 heteroatoms.